The second-order valence-electron chi connectivity index (χ2n) is 6.94. The van der Waals surface area contributed by atoms with E-state index in [0.29, 0.717) is 39.5 Å². The van der Waals surface area contributed by atoms with E-state index < -0.39 is 35.1 Å². The molecule has 0 bridgehead atoms. The monoisotopic (exact) mass is 479 g/mol. The predicted molar refractivity (Wildman–Crippen MR) is 116 cm³/mol. The lowest BCUT2D eigenvalue weighted by molar-refractivity contribution is -0.137. The molecule has 0 spiro atoms. The van der Waals surface area contributed by atoms with Crippen molar-refractivity contribution in [2.24, 2.45) is 0 Å². The van der Waals surface area contributed by atoms with Crippen LogP contribution in [0.25, 0.3) is 21.3 Å². The summed E-state index contributed by atoms with van der Waals surface area (Å²) in [7, 11) is 0. The number of fused-ring (bicyclic) bond motifs is 1. The summed E-state index contributed by atoms with van der Waals surface area (Å²) in [5.74, 6) is -1.65. The molecule has 0 atom stereocenters. The first-order valence-corrected chi connectivity index (χ1v) is 10.1. The van der Waals surface area contributed by atoms with E-state index in [2.05, 4.69) is 15.3 Å². The number of nitrogens with zero attached hydrogens (tertiary/aromatic N) is 2. The zero-order chi connectivity index (χ0) is 23.9. The predicted octanol–water partition coefficient (Wildman–Crippen LogP) is 6.19. The van der Waals surface area contributed by atoms with Gasteiger partial charge in [-0.05, 0) is 42.8 Å². The smallest absolute Gasteiger partial charge is 0.383 e. The molecule has 2 aromatic heterocycles. The van der Waals surface area contributed by atoms with E-state index in [0.717, 1.165) is 4.88 Å². The van der Waals surface area contributed by atoms with Crippen LogP contribution in [-0.4, -0.2) is 16.0 Å². The second kappa shape index (κ2) is 8.28. The fraction of sp³-hybridized carbons (Fsp3) is 0.0952. The standard InChI is InChI=1S/C21H14F5N5OS/c1-9-16(17-18(27)28-8-29-19(17)33-9)10-2-5-14(13(23)6-10)30-20(32)31-15-7-11(21(24,25)26)3-4-12(15)22/h2-8H,1H3,(H2,27,28,29)(H2,30,31,32). The molecule has 170 valence electrons. The summed E-state index contributed by atoms with van der Waals surface area (Å²) in [5.41, 5.74) is 4.97. The van der Waals surface area contributed by atoms with E-state index in [1.54, 1.807) is 0 Å². The van der Waals surface area contributed by atoms with Gasteiger partial charge in [0.2, 0.25) is 0 Å². The van der Waals surface area contributed by atoms with Crippen LogP contribution in [0.4, 0.5) is 43.9 Å². The summed E-state index contributed by atoms with van der Waals surface area (Å²) in [6.45, 7) is 1.82. The SMILES string of the molecule is Cc1sc2ncnc(N)c2c1-c1ccc(NC(=O)Nc2cc(C(F)(F)F)ccc2F)c(F)c1. The number of alkyl halides is 3. The molecule has 2 amide bonds. The minimum atomic E-state index is -4.72. The highest BCUT2D eigenvalue weighted by molar-refractivity contribution is 7.19. The third-order valence-electron chi connectivity index (χ3n) is 4.74. The van der Waals surface area contributed by atoms with Crippen LogP contribution in [0.2, 0.25) is 0 Å². The molecule has 4 rings (SSSR count). The topological polar surface area (TPSA) is 92.9 Å². The number of carbonyl (C=O) groups is 1. The van der Waals surface area contributed by atoms with E-state index in [9.17, 15) is 26.7 Å². The Balaban J connectivity index is 1.58. The number of hydrogen-bond donors (Lipinski definition) is 3. The number of aryl methyl sites for hydroxylation is 1. The summed E-state index contributed by atoms with van der Waals surface area (Å²) >= 11 is 1.36. The largest absolute Gasteiger partial charge is 0.416 e. The first kappa shape index (κ1) is 22.4. The van der Waals surface area contributed by atoms with Crippen molar-refractivity contribution >= 4 is 44.8 Å². The normalized spacial score (nSPS) is 11.6. The highest BCUT2D eigenvalue weighted by Gasteiger charge is 2.31. The van der Waals surface area contributed by atoms with Crippen molar-refractivity contribution in [1.29, 1.82) is 0 Å². The van der Waals surface area contributed by atoms with Crippen molar-refractivity contribution in [3.8, 4) is 11.1 Å². The number of hydrogen-bond acceptors (Lipinski definition) is 5. The van der Waals surface area contributed by atoms with Crippen LogP contribution in [0.5, 0.6) is 0 Å². The average Bonchev–Trinajstić information content (AvgIpc) is 3.07. The van der Waals surface area contributed by atoms with Gasteiger partial charge < -0.3 is 16.4 Å². The molecule has 0 aliphatic rings. The van der Waals surface area contributed by atoms with Crippen LogP contribution in [0.15, 0.2) is 42.7 Å². The van der Waals surface area contributed by atoms with Crippen LogP contribution >= 0.6 is 11.3 Å². The number of anilines is 3. The number of aromatic nitrogens is 2. The van der Waals surface area contributed by atoms with Crippen LogP contribution in [0, 0.1) is 18.6 Å². The number of halogens is 5. The van der Waals surface area contributed by atoms with Gasteiger partial charge in [-0.25, -0.2) is 23.5 Å². The van der Waals surface area contributed by atoms with E-state index in [4.69, 9.17) is 5.73 Å². The molecule has 0 aliphatic heterocycles. The minimum absolute atomic E-state index is 0.240. The van der Waals surface area contributed by atoms with Gasteiger partial charge in [0.05, 0.1) is 22.3 Å². The molecular weight excluding hydrogens is 465 g/mol. The first-order valence-electron chi connectivity index (χ1n) is 9.29. The van der Waals surface area contributed by atoms with E-state index >= 15 is 0 Å². The van der Waals surface area contributed by atoms with Crippen molar-refractivity contribution in [1.82, 2.24) is 9.97 Å². The van der Waals surface area contributed by atoms with Gasteiger partial charge in [-0.3, -0.25) is 0 Å². The molecule has 2 aromatic carbocycles. The Morgan fingerprint density at radius 3 is 2.42 bits per heavy atom. The Bertz CT molecular complexity index is 1390. The number of rotatable bonds is 3. The lowest BCUT2D eigenvalue weighted by atomic mass is 10.0. The van der Waals surface area contributed by atoms with Gasteiger partial charge in [-0.1, -0.05) is 6.07 Å². The van der Waals surface area contributed by atoms with Gasteiger partial charge in [-0.2, -0.15) is 13.2 Å². The van der Waals surface area contributed by atoms with Crippen molar-refractivity contribution in [3.63, 3.8) is 0 Å². The molecule has 4 aromatic rings. The number of nitrogens with one attached hydrogen (secondary N) is 2. The maximum absolute atomic E-state index is 14.7. The molecule has 0 saturated heterocycles. The molecule has 6 nitrogen and oxygen atoms in total. The average molecular weight is 479 g/mol. The fourth-order valence-electron chi connectivity index (χ4n) is 3.26. The van der Waals surface area contributed by atoms with Crippen LogP contribution in [0.3, 0.4) is 0 Å². The first-order chi connectivity index (χ1) is 15.5. The summed E-state index contributed by atoms with van der Waals surface area (Å²) < 4.78 is 67.1. The van der Waals surface area contributed by atoms with Crippen molar-refractivity contribution in [2.45, 2.75) is 13.1 Å². The van der Waals surface area contributed by atoms with Crippen LogP contribution in [-0.2, 0) is 6.18 Å². The van der Waals surface area contributed by atoms with Gasteiger partial charge >= 0.3 is 12.2 Å². The number of urea groups is 1. The second-order valence-corrected chi connectivity index (χ2v) is 8.14. The third-order valence-corrected chi connectivity index (χ3v) is 5.75. The van der Waals surface area contributed by atoms with Gasteiger partial charge in [0, 0.05) is 10.4 Å². The third kappa shape index (κ3) is 4.42. The van der Waals surface area contributed by atoms with E-state index in [1.165, 1.54) is 35.9 Å². The van der Waals surface area contributed by atoms with Gasteiger partial charge in [0.25, 0.3) is 0 Å². The van der Waals surface area contributed by atoms with E-state index in [1.807, 2.05) is 12.2 Å². The molecular formula is C21H14F5N5OS. The minimum Gasteiger partial charge on any atom is -0.383 e. The van der Waals surface area contributed by atoms with Crippen LogP contribution < -0.4 is 16.4 Å². The molecule has 0 fully saturated rings. The quantitative estimate of drug-likeness (QED) is 0.306. The zero-order valence-electron chi connectivity index (χ0n) is 16.7. The summed E-state index contributed by atoms with van der Waals surface area (Å²) in [6, 6.07) is 4.43. The van der Waals surface area contributed by atoms with Crippen molar-refractivity contribution in [2.75, 3.05) is 16.4 Å². The summed E-state index contributed by atoms with van der Waals surface area (Å²) in [4.78, 5) is 21.8. The Kier molecular flexibility index (Phi) is 5.62. The highest BCUT2D eigenvalue weighted by Crippen LogP contribution is 2.40. The molecule has 33 heavy (non-hydrogen) atoms. The Morgan fingerprint density at radius 2 is 1.73 bits per heavy atom. The Labute approximate surface area is 187 Å². The maximum atomic E-state index is 14.7. The number of carbonyl (C=O) groups excluding carboxylic acids is 1. The molecule has 12 heteroatoms. The summed E-state index contributed by atoms with van der Waals surface area (Å²) in [6.07, 6.45) is -3.39. The summed E-state index contributed by atoms with van der Waals surface area (Å²) in [5, 5.41) is 4.70. The molecule has 2 heterocycles. The molecule has 0 unspecified atom stereocenters. The van der Waals surface area contributed by atoms with Gasteiger partial charge in [0.1, 0.15) is 28.6 Å². The fourth-order valence-corrected chi connectivity index (χ4v) is 4.28. The van der Waals surface area contributed by atoms with E-state index in [-0.39, 0.29) is 11.5 Å². The molecule has 0 aliphatic carbocycles. The number of amides is 2. The lowest BCUT2D eigenvalue weighted by Gasteiger charge is -2.12. The zero-order valence-corrected chi connectivity index (χ0v) is 17.5. The van der Waals surface area contributed by atoms with Crippen molar-refractivity contribution in [3.05, 3.63) is 64.8 Å². The van der Waals surface area contributed by atoms with Crippen LogP contribution in [0.1, 0.15) is 10.4 Å². The number of nitrogens with two attached hydrogens (primary N) is 1. The van der Waals surface area contributed by atoms with Crippen molar-refractivity contribution < 1.29 is 26.7 Å². The lowest BCUT2D eigenvalue weighted by Crippen LogP contribution is -2.21. The van der Waals surface area contributed by atoms with Gasteiger partial charge in [0.15, 0.2) is 0 Å². The molecule has 4 N–H and O–H groups in total. The molecule has 0 saturated carbocycles. The molecule has 0 radical (unpaired) electrons. The Hall–Kier alpha value is -3.80. The number of benzene rings is 2. The Morgan fingerprint density at radius 1 is 1.00 bits per heavy atom. The van der Waals surface area contributed by atoms with Gasteiger partial charge in [-0.15, -0.1) is 11.3 Å². The maximum Gasteiger partial charge on any atom is 0.416 e. The number of thiophene rings is 1. The highest BCUT2D eigenvalue weighted by atomic mass is 32.1. The number of nitrogen functional groups attached to an aromatic ring is 1.